The lowest BCUT2D eigenvalue weighted by molar-refractivity contribution is 0.181. The molecule has 0 radical (unpaired) electrons. The van der Waals surface area contributed by atoms with Crippen LogP contribution in [0.3, 0.4) is 0 Å². The fourth-order valence-corrected chi connectivity index (χ4v) is 6.23. The maximum atomic E-state index is 13.4. The second kappa shape index (κ2) is 7.38. The van der Waals surface area contributed by atoms with E-state index in [2.05, 4.69) is 35.1 Å². The van der Waals surface area contributed by atoms with Crippen LogP contribution in [0.15, 0.2) is 42.6 Å². The highest BCUT2D eigenvalue weighted by Gasteiger charge is 2.34. The molecule has 0 bridgehead atoms. The molecule has 3 heterocycles. The number of nitrogens with one attached hydrogen (secondary N) is 1. The molecule has 1 N–H and O–H groups in total. The molecule has 3 aromatic rings. The van der Waals surface area contributed by atoms with E-state index >= 15 is 0 Å². The Kier molecular flexibility index (Phi) is 4.70. The van der Waals surface area contributed by atoms with Gasteiger partial charge in [-0.15, -0.1) is 11.3 Å². The summed E-state index contributed by atoms with van der Waals surface area (Å²) in [5.74, 6) is 0. The Morgan fingerprint density at radius 3 is 2.86 bits per heavy atom. The first-order valence-electron chi connectivity index (χ1n) is 10.6. The fourth-order valence-electron chi connectivity index (χ4n) is 4.83. The van der Waals surface area contributed by atoms with Crippen molar-refractivity contribution >= 4 is 23.1 Å². The fraction of sp³-hybridized carbons (Fsp3) is 0.375. The maximum Gasteiger partial charge on any atom is 0.322 e. The van der Waals surface area contributed by atoms with Crippen molar-refractivity contribution in [3.8, 4) is 5.00 Å². The largest absolute Gasteiger partial charge is 0.322 e. The van der Waals surface area contributed by atoms with Crippen LogP contribution in [0.1, 0.15) is 59.5 Å². The van der Waals surface area contributed by atoms with Gasteiger partial charge < -0.3 is 14.8 Å². The van der Waals surface area contributed by atoms with Gasteiger partial charge in [0.05, 0.1) is 12.6 Å². The van der Waals surface area contributed by atoms with Crippen molar-refractivity contribution in [2.45, 2.75) is 58.5 Å². The SMILES string of the molecule is CCC1c2cccn2-c2sc3c(c2CN1C(=O)Nc1cccc(C)c1)CCCC3. The van der Waals surface area contributed by atoms with Gasteiger partial charge in [0.1, 0.15) is 5.00 Å². The van der Waals surface area contributed by atoms with Crippen molar-refractivity contribution in [2.24, 2.45) is 0 Å². The highest BCUT2D eigenvalue weighted by molar-refractivity contribution is 7.15. The molecule has 150 valence electrons. The molecule has 0 fully saturated rings. The Morgan fingerprint density at radius 2 is 2.03 bits per heavy atom. The van der Waals surface area contributed by atoms with E-state index < -0.39 is 0 Å². The number of nitrogens with zero attached hydrogens (tertiary/aromatic N) is 2. The number of carbonyl (C=O) groups is 1. The number of benzene rings is 1. The molecular weight excluding hydrogens is 378 g/mol. The number of aromatic nitrogens is 1. The number of hydrogen-bond acceptors (Lipinski definition) is 2. The molecule has 4 nitrogen and oxygen atoms in total. The molecule has 2 amide bonds. The van der Waals surface area contributed by atoms with Crippen molar-refractivity contribution in [3.63, 3.8) is 0 Å². The van der Waals surface area contributed by atoms with Gasteiger partial charge in [-0.1, -0.05) is 19.1 Å². The topological polar surface area (TPSA) is 37.3 Å². The van der Waals surface area contributed by atoms with Crippen molar-refractivity contribution < 1.29 is 4.79 Å². The number of hydrogen-bond donors (Lipinski definition) is 1. The highest BCUT2D eigenvalue weighted by Crippen LogP contribution is 2.43. The Balaban J connectivity index is 1.57. The van der Waals surface area contributed by atoms with E-state index in [9.17, 15) is 4.79 Å². The van der Waals surface area contributed by atoms with E-state index in [1.807, 2.05) is 47.4 Å². The van der Waals surface area contributed by atoms with Gasteiger partial charge in [-0.2, -0.15) is 0 Å². The zero-order chi connectivity index (χ0) is 20.0. The normalized spacial score (nSPS) is 17.9. The van der Waals surface area contributed by atoms with E-state index in [0.29, 0.717) is 6.54 Å². The first-order chi connectivity index (χ1) is 14.2. The molecule has 29 heavy (non-hydrogen) atoms. The number of urea groups is 1. The number of thiophene rings is 1. The molecule has 1 aromatic carbocycles. The van der Waals surface area contributed by atoms with Crippen LogP contribution in [0.5, 0.6) is 0 Å². The van der Waals surface area contributed by atoms with Crippen LogP contribution < -0.4 is 5.32 Å². The van der Waals surface area contributed by atoms with Gasteiger partial charge in [0.15, 0.2) is 0 Å². The minimum Gasteiger partial charge on any atom is -0.312 e. The second-order valence-corrected chi connectivity index (χ2v) is 9.23. The summed E-state index contributed by atoms with van der Waals surface area (Å²) in [4.78, 5) is 17.0. The Hall–Kier alpha value is -2.53. The molecule has 2 aliphatic rings. The summed E-state index contributed by atoms with van der Waals surface area (Å²) < 4.78 is 2.34. The molecule has 1 atom stereocenters. The maximum absolute atomic E-state index is 13.4. The highest BCUT2D eigenvalue weighted by atomic mass is 32.1. The third-order valence-corrected chi connectivity index (χ3v) is 7.55. The van der Waals surface area contributed by atoms with E-state index in [1.165, 1.54) is 46.0 Å². The van der Waals surface area contributed by atoms with E-state index in [4.69, 9.17) is 0 Å². The van der Waals surface area contributed by atoms with Crippen LogP contribution in [0.4, 0.5) is 10.5 Å². The minimum absolute atomic E-state index is 0.0150. The first-order valence-corrected chi connectivity index (χ1v) is 11.4. The average Bonchev–Trinajstić information content (AvgIpc) is 3.30. The molecule has 1 aliphatic carbocycles. The van der Waals surface area contributed by atoms with E-state index in [-0.39, 0.29) is 12.1 Å². The van der Waals surface area contributed by atoms with Crippen LogP contribution in [0.2, 0.25) is 0 Å². The van der Waals surface area contributed by atoms with Crippen LogP contribution >= 0.6 is 11.3 Å². The summed E-state index contributed by atoms with van der Waals surface area (Å²) in [6, 6.07) is 12.4. The van der Waals surface area contributed by atoms with Crippen LogP contribution in [-0.2, 0) is 19.4 Å². The summed E-state index contributed by atoms with van der Waals surface area (Å²) in [5.41, 5.74) is 6.08. The van der Waals surface area contributed by atoms with Gasteiger partial charge in [0.25, 0.3) is 0 Å². The second-order valence-electron chi connectivity index (χ2n) is 8.15. The average molecular weight is 406 g/mol. The molecule has 0 spiro atoms. The summed E-state index contributed by atoms with van der Waals surface area (Å²) in [6.07, 6.45) is 7.91. The first kappa shape index (κ1) is 18.5. The third kappa shape index (κ3) is 3.18. The number of anilines is 1. The van der Waals surface area contributed by atoms with E-state index in [1.54, 1.807) is 0 Å². The Morgan fingerprint density at radius 1 is 1.17 bits per heavy atom. The molecule has 5 rings (SSSR count). The zero-order valence-electron chi connectivity index (χ0n) is 17.1. The van der Waals surface area contributed by atoms with Gasteiger partial charge in [-0.05, 0) is 74.4 Å². The zero-order valence-corrected chi connectivity index (χ0v) is 17.9. The molecular formula is C24H27N3OS. The van der Waals surface area contributed by atoms with Crippen LogP contribution in [0, 0.1) is 6.92 Å². The van der Waals surface area contributed by atoms with Crippen LogP contribution in [0.25, 0.3) is 5.00 Å². The number of carbonyl (C=O) groups excluding carboxylic acids is 1. The monoisotopic (exact) mass is 405 g/mol. The Bertz CT molecular complexity index is 1060. The van der Waals surface area contributed by atoms with Gasteiger partial charge in [0.2, 0.25) is 0 Å². The summed E-state index contributed by atoms with van der Waals surface area (Å²) in [6.45, 7) is 4.90. The van der Waals surface area contributed by atoms with Crippen molar-refractivity contribution in [2.75, 3.05) is 5.32 Å². The standard InChI is InChI=1S/C24H27N3OS/c1-3-20-21-11-7-13-26(21)23-19(18-10-4-5-12-22(18)29-23)15-27(20)24(28)25-17-9-6-8-16(2)14-17/h6-9,11,13-14,20H,3-5,10,12,15H2,1-2H3,(H,25,28). The van der Waals surface area contributed by atoms with Crippen LogP contribution in [-0.4, -0.2) is 15.5 Å². The number of rotatable bonds is 2. The molecule has 0 saturated heterocycles. The lowest BCUT2D eigenvalue weighted by Gasteiger charge is -2.30. The van der Waals surface area contributed by atoms with Crippen molar-refractivity contribution in [1.82, 2.24) is 9.47 Å². The number of aryl methyl sites for hydroxylation is 2. The van der Waals surface area contributed by atoms with E-state index in [0.717, 1.165) is 24.1 Å². The van der Waals surface area contributed by atoms with Gasteiger partial charge >= 0.3 is 6.03 Å². The lowest BCUT2D eigenvalue weighted by atomic mass is 9.95. The predicted octanol–water partition coefficient (Wildman–Crippen LogP) is 6.22. The summed E-state index contributed by atoms with van der Waals surface area (Å²) >= 11 is 1.94. The smallest absolute Gasteiger partial charge is 0.312 e. The third-order valence-electron chi connectivity index (χ3n) is 6.22. The van der Waals surface area contributed by atoms with Crippen molar-refractivity contribution in [1.29, 1.82) is 0 Å². The Labute approximate surface area is 176 Å². The van der Waals surface area contributed by atoms with Crippen molar-refractivity contribution in [3.05, 3.63) is 69.9 Å². The van der Waals surface area contributed by atoms with Gasteiger partial charge in [-0.25, -0.2) is 4.79 Å². The molecule has 2 aromatic heterocycles. The lowest BCUT2D eigenvalue weighted by Crippen LogP contribution is -2.37. The number of fused-ring (bicyclic) bond motifs is 5. The molecule has 0 saturated carbocycles. The molecule has 5 heteroatoms. The molecule has 1 aliphatic heterocycles. The molecule has 1 unspecified atom stereocenters. The van der Waals surface area contributed by atoms with Gasteiger partial charge in [0, 0.05) is 28.0 Å². The summed E-state index contributed by atoms with van der Waals surface area (Å²) in [7, 11) is 0. The number of amides is 2. The van der Waals surface area contributed by atoms with Gasteiger partial charge in [-0.3, -0.25) is 0 Å². The summed E-state index contributed by atoms with van der Waals surface area (Å²) in [5, 5.41) is 4.47. The predicted molar refractivity (Wildman–Crippen MR) is 119 cm³/mol. The minimum atomic E-state index is -0.0150. The quantitative estimate of drug-likeness (QED) is 0.539.